The monoisotopic (exact) mass is 250 g/mol. The molecule has 1 aliphatic rings. The summed E-state index contributed by atoms with van der Waals surface area (Å²) in [7, 11) is 1.70. The van der Waals surface area contributed by atoms with Crippen molar-refractivity contribution in [1.82, 2.24) is 5.43 Å². The molecular weight excluding hydrogens is 228 g/mol. The van der Waals surface area contributed by atoms with Crippen LogP contribution in [0.25, 0.3) is 0 Å². The fraction of sp³-hybridized carbons (Fsp3) is 0.571. The van der Waals surface area contributed by atoms with E-state index in [0.717, 1.165) is 36.3 Å². The van der Waals surface area contributed by atoms with Crippen LogP contribution in [0.5, 0.6) is 5.75 Å². The average molecular weight is 250 g/mol. The topological polar surface area (TPSA) is 56.5 Å². The van der Waals surface area contributed by atoms with E-state index in [0.29, 0.717) is 0 Å². The van der Waals surface area contributed by atoms with E-state index in [1.54, 1.807) is 7.11 Å². The third-order valence-corrected chi connectivity index (χ3v) is 3.76. The van der Waals surface area contributed by atoms with Crippen molar-refractivity contribution in [3.63, 3.8) is 0 Å². The van der Waals surface area contributed by atoms with Gasteiger partial charge in [0.15, 0.2) is 0 Å². The van der Waals surface area contributed by atoms with Crippen LogP contribution in [0.15, 0.2) is 12.1 Å². The second-order valence-electron chi connectivity index (χ2n) is 4.83. The molecule has 1 aromatic rings. The van der Waals surface area contributed by atoms with Gasteiger partial charge in [-0.3, -0.25) is 11.3 Å². The lowest BCUT2D eigenvalue weighted by Gasteiger charge is -2.25. The highest BCUT2D eigenvalue weighted by Crippen LogP contribution is 2.35. The van der Waals surface area contributed by atoms with Crippen LogP contribution >= 0.6 is 0 Å². The van der Waals surface area contributed by atoms with Gasteiger partial charge in [0, 0.05) is 12.2 Å². The smallest absolute Gasteiger partial charge is 0.126 e. The normalized spacial score (nSPS) is 21.0. The fourth-order valence-electron chi connectivity index (χ4n) is 2.59. The Hall–Kier alpha value is -1.10. The zero-order valence-corrected chi connectivity index (χ0v) is 11.3. The standard InChI is InChI=1S/C14H22N2O2/c1-9-6-7-11(14(17-3)10(9)2)13(16-15)12-5-4-8-18-12/h6-7,12-13,16H,4-5,8,15H2,1-3H3. The third kappa shape index (κ3) is 2.36. The van der Waals surface area contributed by atoms with Crippen molar-refractivity contribution in [2.75, 3.05) is 13.7 Å². The van der Waals surface area contributed by atoms with Gasteiger partial charge in [-0.25, -0.2) is 0 Å². The molecule has 3 N–H and O–H groups in total. The van der Waals surface area contributed by atoms with Gasteiger partial charge in [0.25, 0.3) is 0 Å². The van der Waals surface area contributed by atoms with E-state index < -0.39 is 0 Å². The molecule has 1 heterocycles. The minimum atomic E-state index is -0.0123. The van der Waals surface area contributed by atoms with Crippen LogP contribution in [0.1, 0.15) is 35.6 Å². The molecule has 1 fully saturated rings. The average Bonchev–Trinajstić information content (AvgIpc) is 2.89. The number of hydrogen-bond donors (Lipinski definition) is 2. The van der Waals surface area contributed by atoms with Crippen molar-refractivity contribution < 1.29 is 9.47 Å². The molecule has 0 aliphatic carbocycles. The lowest BCUT2D eigenvalue weighted by molar-refractivity contribution is 0.0775. The Labute approximate surface area is 108 Å². The quantitative estimate of drug-likeness (QED) is 0.634. The molecule has 0 aromatic heterocycles. The van der Waals surface area contributed by atoms with E-state index in [-0.39, 0.29) is 12.1 Å². The number of methoxy groups -OCH3 is 1. The number of nitrogens with two attached hydrogens (primary N) is 1. The second-order valence-corrected chi connectivity index (χ2v) is 4.83. The fourth-order valence-corrected chi connectivity index (χ4v) is 2.59. The number of rotatable bonds is 4. The molecule has 4 nitrogen and oxygen atoms in total. The summed E-state index contributed by atoms with van der Waals surface area (Å²) in [6.45, 7) is 4.97. The maximum Gasteiger partial charge on any atom is 0.126 e. The second kappa shape index (κ2) is 5.69. The molecule has 18 heavy (non-hydrogen) atoms. The lowest BCUT2D eigenvalue weighted by atomic mass is 9.95. The first kappa shape index (κ1) is 13.3. The molecule has 4 heteroatoms. The molecule has 0 spiro atoms. The minimum absolute atomic E-state index is 0.0123. The molecule has 2 atom stereocenters. The van der Waals surface area contributed by atoms with Crippen molar-refractivity contribution in [2.45, 2.75) is 38.8 Å². The van der Waals surface area contributed by atoms with Crippen molar-refractivity contribution in [3.05, 3.63) is 28.8 Å². The van der Waals surface area contributed by atoms with Crippen LogP contribution in [-0.2, 0) is 4.74 Å². The molecule has 0 bridgehead atoms. The van der Waals surface area contributed by atoms with Crippen molar-refractivity contribution >= 4 is 0 Å². The van der Waals surface area contributed by atoms with Gasteiger partial charge in [-0.2, -0.15) is 0 Å². The minimum Gasteiger partial charge on any atom is -0.496 e. The van der Waals surface area contributed by atoms with Crippen LogP contribution in [0, 0.1) is 13.8 Å². The number of benzene rings is 1. The summed E-state index contributed by atoms with van der Waals surface area (Å²) in [6.07, 6.45) is 2.26. The lowest BCUT2D eigenvalue weighted by Crippen LogP contribution is -2.36. The molecule has 1 saturated heterocycles. The molecule has 2 rings (SSSR count). The zero-order valence-electron chi connectivity index (χ0n) is 11.3. The van der Waals surface area contributed by atoms with Gasteiger partial charge in [0.1, 0.15) is 5.75 Å². The van der Waals surface area contributed by atoms with Crippen LogP contribution in [0.3, 0.4) is 0 Å². The van der Waals surface area contributed by atoms with Crippen LogP contribution in [0.2, 0.25) is 0 Å². The first-order valence-corrected chi connectivity index (χ1v) is 6.41. The van der Waals surface area contributed by atoms with Gasteiger partial charge in [-0.15, -0.1) is 0 Å². The first-order chi connectivity index (χ1) is 8.69. The van der Waals surface area contributed by atoms with Crippen LogP contribution in [0.4, 0.5) is 0 Å². The number of hydrogen-bond acceptors (Lipinski definition) is 4. The van der Waals surface area contributed by atoms with Crippen molar-refractivity contribution in [3.8, 4) is 5.75 Å². The van der Waals surface area contributed by atoms with Gasteiger partial charge >= 0.3 is 0 Å². The summed E-state index contributed by atoms with van der Waals surface area (Å²) in [6, 6.07) is 4.17. The molecule has 1 aliphatic heterocycles. The number of aryl methyl sites for hydroxylation is 1. The number of nitrogens with one attached hydrogen (secondary N) is 1. The van der Waals surface area contributed by atoms with E-state index in [1.807, 2.05) is 0 Å². The first-order valence-electron chi connectivity index (χ1n) is 6.41. The summed E-state index contributed by atoms with van der Waals surface area (Å²) < 4.78 is 11.3. The molecular formula is C14H22N2O2. The summed E-state index contributed by atoms with van der Waals surface area (Å²) in [4.78, 5) is 0. The predicted molar refractivity (Wildman–Crippen MR) is 71.5 cm³/mol. The number of ether oxygens (including phenoxy) is 2. The number of hydrazine groups is 1. The van der Waals surface area contributed by atoms with Crippen molar-refractivity contribution in [2.24, 2.45) is 5.84 Å². The zero-order chi connectivity index (χ0) is 13.1. The largest absolute Gasteiger partial charge is 0.496 e. The van der Waals surface area contributed by atoms with E-state index in [4.69, 9.17) is 15.3 Å². The van der Waals surface area contributed by atoms with Gasteiger partial charge in [0.2, 0.25) is 0 Å². The molecule has 1 aromatic carbocycles. The summed E-state index contributed by atoms with van der Waals surface area (Å²) in [5.41, 5.74) is 6.34. The third-order valence-electron chi connectivity index (χ3n) is 3.76. The summed E-state index contributed by atoms with van der Waals surface area (Å²) >= 11 is 0. The SMILES string of the molecule is COc1c(C(NN)C2CCCO2)ccc(C)c1C. The molecule has 0 radical (unpaired) electrons. The summed E-state index contributed by atoms with van der Waals surface area (Å²) in [5.74, 6) is 6.62. The van der Waals surface area contributed by atoms with Gasteiger partial charge < -0.3 is 9.47 Å². The Balaban J connectivity index is 2.38. The highest BCUT2D eigenvalue weighted by molar-refractivity contribution is 5.47. The molecule has 2 unspecified atom stereocenters. The molecule has 0 amide bonds. The van der Waals surface area contributed by atoms with E-state index in [9.17, 15) is 0 Å². The highest BCUT2D eigenvalue weighted by Gasteiger charge is 2.29. The summed E-state index contributed by atoms with van der Waals surface area (Å²) in [5, 5.41) is 0. The maximum absolute atomic E-state index is 5.73. The van der Waals surface area contributed by atoms with E-state index >= 15 is 0 Å². The molecule has 0 saturated carbocycles. The van der Waals surface area contributed by atoms with Gasteiger partial charge in [-0.1, -0.05) is 12.1 Å². The Morgan fingerprint density at radius 2 is 2.22 bits per heavy atom. The van der Waals surface area contributed by atoms with Gasteiger partial charge in [0.05, 0.1) is 19.3 Å². The molecule has 100 valence electrons. The van der Waals surface area contributed by atoms with Crippen LogP contribution in [-0.4, -0.2) is 19.8 Å². The maximum atomic E-state index is 5.73. The highest BCUT2D eigenvalue weighted by atomic mass is 16.5. The predicted octanol–water partition coefficient (Wildman–Crippen LogP) is 2.00. The Kier molecular flexibility index (Phi) is 4.22. The Bertz CT molecular complexity index is 415. The van der Waals surface area contributed by atoms with Gasteiger partial charge in [-0.05, 0) is 37.8 Å². The van der Waals surface area contributed by atoms with E-state index in [1.165, 1.54) is 5.56 Å². The Morgan fingerprint density at radius 1 is 1.44 bits per heavy atom. The van der Waals surface area contributed by atoms with E-state index in [2.05, 4.69) is 31.4 Å². The van der Waals surface area contributed by atoms with Crippen molar-refractivity contribution in [1.29, 1.82) is 0 Å². The Morgan fingerprint density at radius 3 is 2.78 bits per heavy atom. The van der Waals surface area contributed by atoms with Crippen LogP contribution < -0.4 is 16.0 Å².